The van der Waals surface area contributed by atoms with Gasteiger partial charge in [-0.1, -0.05) is 44.0 Å². The molecule has 1 saturated heterocycles. The maximum absolute atomic E-state index is 10.2. The summed E-state index contributed by atoms with van der Waals surface area (Å²) < 4.78 is 5.98. The van der Waals surface area contributed by atoms with Gasteiger partial charge in [0.15, 0.2) is 0 Å². The smallest absolute Gasteiger partial charge is 0.134 e. The van der Waals surface area contributed by atoms with Gasteiger partial charge in [0.2, 0.25) is 0 Å². The number of hydrogen-bond donors (Lipinski definition) is 1. The van der Waals surface area contributed by atoms with Crippen LogP contribution in [0.1, 0.15) is 27.2 Å². The zero-order chi connectivity index (χ0) is 12.5. The van der Waals surface area contributed by atoms with Crippen molar-refractivity contribution in [3.63, 3.8) is 0 Å². The molecule has 2 nitrogen and oxygen atoms in total. The van der Waals surface area contributed by atoms with E-state index in [0.29, 0.717) is 5.92 Å². The molecule has 0 saturated carbocycles. The molecule has 5 atom stereocenters. The maximum atomic E-state index is 10.2. The van der Waals surface area contributed by atoms with E-state index in [2.05, 4.69) is 34.1 Å². The molecule has 0 amide bonds. The van der Waals surface area contributed by atoms with Gasteiger partial charge in [0.1, 0.15) is 5.44 Å². The molecule has 0 spiro atoms. The van der Waals surface area contributed by atoms with Crippen molar-refractivity contribution in [2.24, 2.45) is 11.8 Å². The van der Waals surface area contributed by atoms with Crippen LogP contribution in [0.3, 0.4) is 0 Å². The van der Waals surface area contributed by atoms with E-state index in [0.717, 1.165) is 6.42 Å². The quantitative estimate of drug-likeness (QED) is 0.805. The molecule has 0 aromatic heterocycles. The Balaban J connectivity index is 2.75. The van der Waals surface area contributed by atoms with Gasteiger partial charge in [0.25, 0.3) is 0 Å². The van der Waals surface area contributed by atoms with Gasteiger partial charge in [-0.25, -0.2) is 0 Å². The van der Waals surface area contributed by atoms with Crippen molar-refractivity contribution in [3.8, 4) is 0 Å². The highest BCUT2D eigenvalue weighted by atomic mass is 32.9. The van der Waals surface area contributed by atoms with Gasteiger partial charge in [-0.2, -0.15) is 0 Å². The van der Waals surface area contributed by atoms with Crippen LogP contribution in [-0.4, -0.2) is 36.1 Å². The predicted molar refractivity (Wildman–Crippen MR) is 77.0 cm³/mol. The zero-order valence-electron chi connectivity index (χ0n) is 10.7. The fraction of sp³-hybridized carbons (Fsp3) is 1.00. The van der Waals surface area contributed by atoms with Crippen molar-refractivity contribution in [1.29, 1.82) is 0 Å². The van der Waals surface area contributed by atoms with Crippen molar-refractivity contribution in [1.82, 2.24) is 0 Å². The third-order valence-electron chi connectivity index (χ3n) is 3.30. The summed E-state index contributed by atoms with van der Waals surface area (Å²) in [6.07, 6.45) is 0.883. The molecule has 1 rings (SSSR count). The normalized spacial score (nSPS) is 41.0. The van der Waals surface area contributed by atoms with Crippen molar-refractivity contribution in [2.75, 3.05) is 13.3 Å². The predicted octanol–water partition coefficient (Wildman–Crippen LogP) is 3.14. The first-order valence-electron chi connectivity index (χ1n) is 5.83. The first-order valence-corrected chi connectivity index (χ1v) is 11.0. The summed E-state index contributed by atoms with van der Waals surface area (Å²) in [6.45, 7) is 10.6. The molecule has 0 bridgehead atoms. The van der Waals surface area contributed by atoms with Crippen LogP contribution in [0, 0.1) is 11.8 Å². The Labute approximate surface area is 108 Å². The van der Waals surface area contributed by atoms with Crippen LogP contribution in [0.5, 0.6) is 0 Å². The second-order valence-corrected chi connectivity index (χ2v) is 15.0. The van der Waals surface area contributed by atoms with Gasteiger partial charge in [-0.05, 0) is 31.6 Å². The molecule has 1 fully saturated rings. The molecule has 0 radical (unpaired) electrons. The molecule has 0 aromatic rings. The van der Waals surface area contributed by atoms with E-state index in [1.165, 1.54) is 0 Å². The summed E-state index contributed by atoms with van der Waals surface area (Å²) in [5.41, 5.74) is -0.128. The van der Waals surface area contributed by atoms with E-state index in [1.807, 2.05) is 0 Å². The summed E-state index contributed by atoms with van der Waals surface area (Å²) in [5.74, 6) is 0.709. The molecule has 3 unspecified atom stereocenters. The minimum Gasteiger partial charge on any atom is -0.389 e. The van der Waals surface area contributed by atoms with Gasteiger partial charge in [0.05, 0.1) is 12.2 Å². The molecular formula is C11H23O2PS2. The molecule has 16 heavy (non-hydrogen) atoms. The minimum absolute atomic E-state index is 0.128. The second-order valence-electron chi connectivity index (χ2n) is 5.02. The third-order valence-corrected chi connectivity index (χ3v) is 7.33. The number of rotatable bonds is 3. The summed E-state index contributed by atoms with van der Waals surface area (Å²) in [6, 6.07) is 0. The van der Waals surface area contributed by atoms with E-state index in [-0.39, 0.29) is 23.6 Å². The van der Waals surface area contributed by atoms with E-state index >= 15 is 0 Å². The maximum Gasteiger partial charge on any atom is 0.134 e. The Kier molecular flexibility index (Phi) is 5.34. The molecule has 1 heterocycles. The van der Waals surface area contributed by atoms with Crippen LogP contribution in [0.4, 0.5) is 0 Å². The number of aliphatic hydroxyl groups excluding tert-OH is 1. The van der Waals surface area contributed by atoms with Gasteiger partial charge in [-0.3, -0.25) is 0 Å². The van der Waals surface area contributed by atoms with Gasteiger partial charge >= 0.3 is 0 Å². The Hall–Kier alpha value is 0.920. The third kappa shape index (κ3) is 3.71. The summed E-state index contributed by atoms with van der Waals surface area (Å²) in [7, 11) is 0. The van der Waals surface area contributed by atoms with Crippen LogP contribution in [-0.2, 0) is 16.5 Å². The molecule has 1 N–H and O–H groups in total. The van der Waals surface area contributed by atoms with E-state index < -0.39 is 5.24 Å². The molecule has 1 aliphatic heterocycles. The minimum atomic E-state index is -1.39. The summed E-state index contributed by atoms with van der Waals surface area (Å²) in [4.78, 5) is 0. The van der Waals surface area contributed by atoms with Gasteiger partial charge < -0.3 is 9.84 Å². The molecule has 5 heteroatoms. The summed E-state index contributed by atoms with van der Waals surface area (Å²) in [5, 5.41) is 8.82. The van der Waals surface area contributed by atoms with E-state index in [9.17, 15) is 5.11 Å². The number of hydrogen-bond acceptors (Lipinski definition) is 4. The number of ether oxygens (including phenoxy) is 1. The topological polar surface area (TPSA) is 29.5 Å². The average molecular weight is 282 g/mol. The Morgan fingerprint density at radius 2 is 1.88 bits per heavy atom. The lowest BCUT2D eigenvalue weighted by atomic mass is 9.83. The van der Waals surface area contributed by atoms with Crippen molar-refractivity contribution in [3.05, 3.63) is 0 Å². The highest BCUT2D eigenvalue weighted by Gasteiger charge is 2.40. The lowest BCUT2D eigenvalue weighted by molar-refractivity contribution is -0.132. The fourth-order valence-electron chi connectivity index (χ4n) is 2.08. The SMILES string of the molecule is CCC1OC(SP(C)(C)=S)[C@H](O)C(C)[C@H]1C. The lowest BCUT2D eigenvalue weighted by Gasteiger charge is -2.43. The summed E-state index contributed by atoms with van der Waals surface area (Å²) >= 11 is 7.11. The van der Waals surface area contributed by atoms with E-state index in [4.69, 9.17) is 16.5 Å². The number of aliphatic hydroxyl groups is 1. The highest BCUT2D eigenvalue weighted by Crippen LogP contribution is 2.56. The van der Waals surface area contributed by atoms with Crippen LogP contribution in [0.2, 0.25) is 0 Å². The second kappa shape index (κ2) is 5.71. The molecule has 0 aromatic carbocycles. The fourth-order valence-corrected chi connectivity index (χ4v) is 5.93. The average Bonchev–Trinajstić information content (AvgIpc) is 2.17. The largest absolute Gasteiger partial charge is 0.389 e. The van der Waals surface area contributed by atoms with Crippen LogP contribution < -0.4 is 0 Å². The first-order chi connectivity index (χ1) is 7.26. The molecule has 1 aliphatic rings. The lowest BCUT2D eigenvalue weighted by Crippen LogP contribution is -2.47. The monoisotopic (exact) mass is 282 g/mol. The molecule has 96 valence electrons. The first kappa shape index (κ1) is 15.0. The van der Waals surface area contributed by atoms with E-state index in [1.54, 1.807) is 11.4 Å². The van der Waals surface area contributed by atoms with Crippen molar-refractivity contribution in [2.45, 2.75) is 44.8 Å². The molecule has 0 aliphatic carbocycles. The van der Waals surface area contributed by atoms with Crippen molar-refractivity contribution >= 4 is 28.4 Å². The van der Waals surface area contributed by atoms with Gasteiger partial charge in [0, 0.05) is 5.24 Å². The van der Waals surface area contributed by atoms with Crippen LogP contribution in [0.15, 0.2) is 0 Å². The van der Waals surface area contributed by atoms with Crippen LogP contribution in [0.25, 0.3) is 0 Å². The Morgan fingerprint density at radius 3 is 2.31 bits per heavy atom. The van der Waals surface area contributed by atoms with Crippen molar-refractivity contribution < 1.29 is 9.84 Å². The van der Waals surface area contributed by atoms with Gasteiger partial charge in [-0.15, -0.1) is 0 Å². The van der Waals surface area contributed by atoms with Crippen LogP contribution >= 0.6 is 16.6 Å². The highest BCUT2D eigenvalue weighted by molar-refractivity contribution is 8.70. The standard InChI is InChI=1S/C11H23O2PS2/c1-6-9-7(2)8(3)10(12)11(13-9)16-14(4,5)15/h7-12H,6H2,1-5H3/t7-,8?,9?,10-,11?/m1/s1. The Morgan fingerprint density at radius 1 is 1.31 bits per heavy atom. The zero-order valence-corrected chi connectivity index (χ0v) is 13.2. The Bertz CT molecular complexity index is 277. The molecular weight excluding hydrogens is 259 g/mol.